The minimum absolute atomic E-state index is 0.0296. The fraction of sp³-hybridized carbons (Fsp3) is 0.385. The zero-order valence-corrected chi connectivity index (χ0v) is 10.9. The average Bonchev–Trinajstić information content (AvgIpc) is 2.36. The number of benzene rings is 1. The molecule has 4 nitrogen and oxygen atoms in total. The van der Waals surface area contributed by atoms with Gasteiger partial charge in [-0.05, 0) is 30.5 Å². The van der Waals surface area contributed by atoms with Gasteiger partial charge in [0.2, 0.25) is 0 Å². The van der Waals surface area contributed by atoms with Crippen molar-refractivity contribution in [2.24, 2.45) is 0 Å². The monoisotopic (exact) mass is 270 g/mol. The average molecular weight is 271 g/mol. The van der Waals surface area contributed by atoms with Crippen molar-refractivity contribution in [3.63, 3.8) is 0 Å². The molecule has 0 heterocycles. The number of halogens is 1. The molecule has 0 aromatic heterocycles. The number of carbonyl (C=O) groups is 2. The van der Waals surface area contributed by atoms with E-state index >= 15 is 0 Å². The molecule has 0 fully saturated rings. The number of hydrogen-bond acceptors (Lipinski definition) is 3. The highest BCUT2D eigenvalue weighted by Crippen LogP contribution is 2.17. The molecule has 0 saturated heterocycles. The molecule has 1 N–H and O–H groups in total. The van der Waals surface area contributed by atoms with Gasteiger partial charge in [0.1, 0.15) is 0 Å². The maximum Gasteiger partial charge on any atom is 0.338 e. The molecule has 1 aromatic rings. The second-order valence-corrected chi connectivity index (χ2v) is 4.01. The van der Waals surface area contributed by atoms with Gasteiger partial charge in [-0.3, -0.25) is 4.79 Å². The number of hydrogen-bond donors (Lipinski definition) is 1. The van der Waals surface area contributed by atoms with E-state index in [0.717, 1.165) is 5.56 Å². The highest BCUT2D eigenvalue weighted by Gasteiger charge is 2.13. The number of rotatable bonds is 6. The zero-order valence-electron chi connectivity index (χ0n) is 10.1. The third-order valence-electron chi connectivity index (χ3n) is 2.43. The van der Waals surface area contributed by atoms with Crippen LogP contribution in [0.25, 0.3) is 0 Å². The van der Waals surface area contributed by atoms with Gasteiger partial charge in [-0.1, -0.05) is 12.1 Å². The molecule has 5 heteroatoms. The molecule has 0 saturated carbocycles. The molecule has 0 aliphatic heterocycles. The number of aliphatic carboxylic acids is 1. The van der Waals surface area contributed by atoms with E-state index in [1.54, 1.807) is 25.1 Å². The number of carbonyl (C=O) groups excluding carboxylic acids is 1. The van der Waals surface area contributed by atoms with Crippen molar-refractivity contribution in [2.45, 2.75) is 25.6 Å². The largest absolute Gasteiger partial charge is 0.481 e. The van der Waals surface area contributed by atoms with Crippen LogP contribution in [0.15, 0.2) is 18.2 Å². The molecular weight excluding hydrogens is 256 g/mol. The van der Waals surface area contributed by atoms with Crippen LogP contribution in [0.3, 0.4) is 0 Å². The molecule has 0 amide bonds. The lowest BCUT2D eigenvalue weighted by molar-refractivity contribution is -0.136. The summed E-state index contributed by atoms with van der Waals surface area (Å²) in [6.07, 6.45) is 0.256. The minimum atomic E-state index is -0.902. The molecular formula is C13H15ClO4. The number of ether oxygens (including phenoxy) is 1. The standard InChI is InChI=1S/C13H15ClO4/c1-2-18-13(17)11-5-3-9(8-14)7-10(11)4-6-12(15)16/h3,5,7H,2,4,6,8H2,1H3,(H,15,16). The zero-order chi connectivity index (χ0) is 13.5. The maximum atomic E-state index is 11.7. The van der Waals surface area contributed by atoms with Gasteiger partial charge in [-0.2, -0.15) is 0 Å². The summed E-state index contributed by atoms with van der Waals surface area (Å²) >= 11 is 5.72. The Morgan fingerprint density at radius 2 is 2.11 bits per heavy atom. The van der Waals surface area contributed by atoms with Gasteiger partial charge in [0.05, 0.1) is 12.2 Å². The minimum Gasteiger partial charge on any atom is -0.481 e. The van der Waals surface area contributed by atoms with E-state index in [1.165, 1.54) is 0 Å². The van der Waals surface area contributed by atoms with E-state index in [2.05, 4.69) is 0 Å². The summed E-state index contributed by atoms with van der Waals surface area (Å²) in [4.78, 5) is 22.3. The Morgan fingerprint density at radius 1 is 1.39 bits per heavy atom. The predicted octanol–water partition coefficient (Wildman–Crippen LogP) is 2.62. The van der Waals surface area contributed by atoms with Gasteiger partial charge in [0.25, 0.3) is 0 Å². The Balaban J connectivity index is 2.99. The highest BCUT2D eigenvalue weighted by molar-refractivity contribution is 6.17. The predicted molar refractivity (Wildman–Crippen MR) is 67.9 cm³/mol. The number of aryl methyl sites for hydroxylation is 1. The van der Waals surface area contributed by atoms with Crippen molar-refractivity contribution in [1.29, 1.82) is 0 Å². The van der Waals surface area contributed by atoms with E-state index in [1.807, 2.05) is 0 Å². The van der Waals surface area contributed by atoms with Gasteiger partial charge in [0.15, 0.2) is 0 Å². The quantitative estimate of drug-likeness (QED) is 0.637. The second-order valence-electron chi connectivity index (χ2n) is 3.74. The molecule has 1 rings (SSSR count). The molecule has 0 unspecified atom stereocenters. The molecule has 1 aromatic carbocycles. The number of carboxylic acid groups (broad SMARTS) is 1. The summed E-state index contributed by atoms with van der Waals surface area (Å²) in [5, 5.41) is 8.69. The van der Waals surface area contributed by atoms with Gasteiger partial charge in [-0.15, -0.1) is 11.6 Å². The first-order valence-corrected chi connectivity index (χ1v) is 6.18. The first-order valence-electron chi connectivity index (χ1n) is 5.65. The van der Waals surface area contributed by atoms with Crippen molar-refractivity contribution < 1.29 is 19.4 Å². The smallest absolute Gasteiger partial charge is 0.338 e. The maximum absolute atomic E-state index is 11.7. The summed E-state index contributed by atoms with van der Waals surface area (Å²) < 4.78 is 4.93. The Bertz CT molecular complexity index is 443. The molecule has 0 bridgehead atoms. The SMILES string of the molecule is CCOC(=O)c1ccc(CCl)cc1CCC(=O)O. The Kier molecular flexibility index (Phi) is 5.65. The molecule has 0 aliphatic carbocycles. The normalized spacial score (nSPS) is 10.1. The van der Waals surface area contributed by atoms with Crippen LogP contribution in [0.4, 0.5) is 0 Å². The van der Waals surface area contributed by atoms with E-state index in [-0.39, 0.29) is 19.4 Å². The molecule has 98 valence electrons. The van der Waals surface area contributed by atoms with Gasteiger partial charge in [-0.25, -0.2) is 4.79 Å². The van der Waals surface area contributed by atoms with Crippen molar-refractivity contribution in [2.75, 3.05) is 6.61 Å². The summed E-state index contributed by atoms with van der Waals surface area (Å²) in [5.41, 5.74) is 1.92. The molecule has 0 atom stereocenters. The van der Waals surface area contributed by atoms with Gasteiger partial charge < -0.3 is 9.84 Å². The van der Waals surface area contributed by atoms with Crippen LogP contribution >= 0.6 is 11.6 Å². The van der Waals surface area contributed by atoms with Crippen LogP contribution < -0.4 is 0 Å². The molecule has 18 heavy (non-hydrogen) atoms. The van der Waals surface area contributed by atoms with E-state index in [0.29, 0.717) is 17.0 Å². The Morgan fingerprint density at radius 3 is 2.67 bits per heavy atom. The van der Waals surface area contributed by atoms with Gasteiger partial charge in [0, 0.05) is 12.3 Å². The van der Waals surface area contributed by atoms with Crippen LogP contribution in [-0.2, 0) is 21.8 Å². The summed E-state index contributed by atoms with van der Waals surface area (Å²) in [6.45, 7) is 2.01. The third-order valence-corrected chi connectivity index (χ3v) is 2.74. The number of carboxylic acids is 1. The fourth-order valence-corrected chi connectivity index (χ4v) is 1.75. The first-order chi connectivity index (χ1) is 8.58. The van der Waals surface area contributed by atoms with Crippen molar-refractivity contribution >= 4 is 23.5 Å². The van der Waals surface area contributed by atoms with Crippen LogP contribution in [-0.4, -0.2) is 23.7 Å². The van der Waals surface area contributed by atoms with E-state index in [9.17, 15) is 9.59 Å². The van der Waals surface area contributed by atoms with Crippen LogP contribution in [0.5, 0.6) is 0 Å². The van der Waals surface area contributed by atoms with Gasteiger partial charge >= 0.3 is 11.9 Å². The lowest BCUT2D eigenvalue weighted by Gasteiger charge is -2.09. The molecule has 0 spiro atoms. The lowest BCUT2D eigenvalue weighted by Crippen LogP contribution is -2.10. The summed E-state index contributed by atoms with van der Waals surface area (Å²) in [7, 11) is 0. The van der Waals surface area contributed by atoms with Crippen LogP contribution in [0.1, 0.15) is 34.8 Å². The second kappa shape index (κ2) is 7.01. The van der Waals surface area contributed by atoms with Crippen molar-refractivity contribution in [1.82, 2.24) is 0 Å². The lowest BCUT2D eigenvalue weighted by atomic mass is 10.0. The van der Waals surface area contributed by atoms with E-state index < -0.39 is 11.9 Å². The van der Waals surface area contributed by atoms with Crippen molar-refractivity contribution in [3.8, 4) is 0 Å². The molecule has 0 aliphatic rings. The highest BCUT2D eigenvalue weighted by atomic mass is 35.5. The summed E-state index contributed by atoms with van der Waals surface area (Å²) in [6, 6.07) is 5.12. The Hall–Kier alpha value is -1.55. The fourth-order valence-electron chi connectivity index (χ4n) is 1.59. The third kappa shape index (κ3) is 4.04. The van der Waals surface area contributed by atoms with E-state index in [4.69, 9.17) is 21.4 Å². The first kappa shape index (κ1) is 14.5. The number of alkyl halides is 1. The molecule has 0 radical (unpaired) electrons. The topological polar surface area (TPSA) is 63.6 Å². The van der Waals surface area contributed by atoms with Crippen LogP contribution in [0.2, 0.25) is 0 Å². The number of esters is 1. The summed E-state index contributed by atoms with van der Waals surface area (Å²) in [5.74, 6) is -1.01. The van der Waals surface area contributed by atoms with Crippen LogP contribution in [0, 0.1) is 0 Å². The van der Waals surface area contributed by atoms with Crippen molar-refractivity contribution in [3.05, 3.63) is 34.9 Å². The Labute approximate surface area is 111 Å².